The maximum atomic E-state index is 12.1. The Morgan fingerprint density at radius 1 is 1.12 bits per heavy atom. The van der Waals surface area contributed by atoms with Crippen LogP contribution in [0.2, 0.25) is 0 Å². The number of hydrogen-bond acceptors (Lipinski definition) is 5. The second-order valence-electron chi connectivity index (χ2n) is 5.58. The second-order valence-corrected chi connectivity index (χ2v) is 6.44. The summed E-state index contributed by atoms with van der Waals surface area (Å²) in [7, 11) is 0. The van der Waals surface area contributed by atoms with E-state index in [9.17, 15) is 4.79 Å². The molecule has 0 unspecified atom stereocenters. The zero-order valence-corrected chi connectivity index (χ0v) is 15.5. The standard InChI is InChI=1S/C20H20N2O3S/c1-3-24-18-7-5-4-6-17(18)22-19(23)12-25-16-10-8-15(9-11-16)20-21-14(2)13-26-20/h4-11,13H,3,12H2,1-2H3,(H,22,23). The molecule has 1 heterocycles. The molecule has 0 fully saturated rings. The van der Waals surface area contributed by atoms with E-state index in [2.05, 4.69) is 10.3 Å². The average Bonchev–Trinajstić information content (AvgIpc) is 3.09. The van der Waals surface area contributed by atoms with Crippen LogP contribution in [-0.2, 0) is 4.79 Å². The highest BCUT2D eigenvalue weighted by Gasteiger charge is 2.09. The van der Waals surface area contributed by atoms with Gasteiger partial charge in [0.1, 0.15) is 16.5 Å². The molecule has 26 heavy (non-hydrogen) atoms. The molecule has 3 rings (SSSR count). The first kappa shape index (κ1) is 17.9. The molecule has 1 aromatic heterocycles. The van der Waals surface area contributed by atoms with Crippen molar-refractivity contribution in [2.24, 2.45) is 0 Å². The molecule has 1 amide bonds. The molecule has 2 aromatic carbocycles. The molecule has 0 bridgehead atoms. The number of nitrogens with one attached hydrogen (secondary N) is 1. The van der Waals surface area contributed by atoms with Crippen LogP contribution in [0, 0.1) is 6.92 Å². The summed E-state index contributed by atoms with van der Waals surface area (Å²) in [6.45, 7) is 4.34. The van der Waals surface area contributed by atoms with E-state index in [1.807, 2.05) is 61.7 Å². The number of amides is 1. The van der Waals surface area contributed by atoms with Crippen LogP contribution in [0.5, 0.6) is 11.5 Å². The number of hydrogen-bond donors (Lipinski definition) is 1. The van der Waals surface area contributed by atoms with Crippen LogP contribution in [0.25, 0.3) is 10.6 Å². The van der Waals surface area contributed by atoms with Crippen molar-refractivity contribution in [2.75, 3.05) is 18.5 Å². The van der Waals surface area contributed by atoms with Gasteiger partial charge in [-0.15, -0.1) is 11.3 Å². The monoisotopic (exact) mass is 368 g/mol. The van der Waals surface area contributed by atoms with Crippen LogP contribution >= 0.6 is 11.3 Å². The normalized spacial score (nSPS) is 10.4. The molecule has 0 radical (unpaired) electrons. The molecule has 3 aromatic rings. The van der Waals surface area contributed by atoms with Gasteiger partial charge < -0.3 is 14.8 Å². The lowest BCUT2D eigenvalue weighted by Gasteiger charge is -2.12. The largest absolute Gasteiger partial charge is 0.492 e. The lowest BCUT2D eigenvalue weighted by Crippen LogP contribution is -2.20. The SMILES string of the molecule is CCOc1ccccc1NC(=O)COc1ccc(-c2nc(C)cs2)cc1. The highest BCUT2D eigenvalue weighted by molar-refractivity contribution is 7.13. The molecule has 0 aliphatic heterocycles. The first-order valence-corrected chi connectivity index (χ1v) is 9.20. The quantitative estimate of drug-likeness (QED) is 0.665. The Morgan fingerprint density at radius 3 is 2.58 bits per heavy atom. The highest BCUT2D eigenvalue weighted by Crippen LogP contribution is 2.26. The van der Waals surface area contributed by atoms with Gasteiger partial charge in [0.25, 0.3) is 5.91 Å². The Morgan fingerprint density at radius 2 is 1.88 bits per heavy atom. The zero-order valence-electron chi connectivity index (χ0n) is 14.7. The van der Waals surface area contributed by atoms with E-state index in [-0.39, 0.29) is 12.5 Å². The van der Waals surface area contributed by atoms with Crippen LogP contribution in [0.3, 0.4) is 0 Å². The number of ether oxygens (including phenoxy) is 2. The zero-order chi connectivity index (χ0) is 18.4. The summed E-state index contributed by atoms with van der Waals surface area (Å²) in [6, 6.07) is 14.9. The number of aromatic nitrogens is 1. The first-order valence-electron chi connectivity index (χ1n) is 8.32. The van der Waals surface area contributed by atoms with E-state index in [1.165, 1.54) is 0 Å². The molecular weight excluding hydrogens is 348 g/mol. The van der Waals surface area contributed by atoms with Crippen LogP contribution in [0.4, 0.5) is 5.69 Å². The van der Waals surface area contributed by atoms with Crippen molar-refractivity contribution in [3.8, 4) is 22.1 Å². The molecule has 0 aliphatic carbocycles. The molecule has 0 atom stereocenters. The Labute approximate surface area is 156 Å². The third-order valence-corrected chi connectivity index (χ3v) is 4.56. The Hall–Kier alpha value is -2.86. The van der Waals surface area contributed by atoms with E-state index in [0.717, 1.165) is 16.3 Å². The smallest absolute Gasteiger partial charge is 0.262 e. The minimum Gasteiger partial charge on any atom is -0.492 e. The molecular formula is C20H20N2O3S. The van der Waals surface area contributed by atoms with Gasteiger partial charge in [0, 0.05) is 16.6 Å². The average molecular weight is 368 g/mol. The molecule has 134 valence electrons. The number of aryl methyl sites for hydroxylation is 1. The predicted molar refractivity (Wildman–Crippen MR) is 104 cm³/mol. The van der Waals surface area contributed by atoms with Gasteiger partial charge in [0.05, 0.1) is 12.3 Å². The van der Waals surface area contributed by atoms with Gasteiger partial charge in [-0.2, -0.15) is 0 Å². The van der Waals surface area contributed by atoms with Crippen LogP contribution in [-0.4, -0.2) is 24.1 Å². The van der Waals surface area contributed by atoms with E-state index in [4.69, 9.17) is 9.47 Å². The van der Waals surface area contributed by atoms with E-state index < -0.39 is 0 Å². The summed E-state index contributed by atoms with van der Waals surface area (Å²) in [5.74, 6) is 1.04. The lowest BCUT2D eigenvalue weighted by molar-refractivity contribution is -0.118. The molecule has 0 aliphatic rings. The summed E-state index contributed by atoms with van der Waals surface area (Å²) in [6.07, 6.45) is 0. The minimum atomic E-state index is -0.239. The number of carbonyl (C=O) groups is 1. The molecule has 0 spiro atoms. The van der Waals surface area contributed by atoms with Gasteiger partial charge in [0.2, 0.25) is 0 Å². The fraction of sp³-hybridized carbons (Fsp3) is 0.200. The number of rotatable bonds is 7. The Kier molecular flexibility index (Phi) is 5.86. The minimum absolute atomic E-state index is 0.0732. The van der Waals surface area contributed by atoms with Crippen LogP contribution < -0.4 is 14.8 Å². The summed E-state index contributed by atoms with van der Waals surface area (Å²) in [5.41, 5.74) is 2.68. The van der Waals surface area contributed by atoms with Crippen molar-refractivity contribution in [1.82, 2.24) is 4.98 Å². The van der Waals surface area contributed by atoms with Crippen molar-refractivity contribution in [3.63, 3.8) is 0 Å². The Balaban J connectivity index is 1.56. The third kappa shape index (κ3) is 4.61. The predicted octanol–water partition coefficient (Wildman–Crippen LogP) is 4.53. The van der Waals surface area contributed by atoms with E-state index in [0.29, 0.717) is 23.8 Å². The van der Waals surface area contributed by atoms with Gasteiger partial charge in [-0.25, -0.2) is 4.98 Å². The maximum Gasteiger partial charge on any atom is 0.262 e. The van der Waals surface area contributed by atoms with E-state index >= 15 is 0 Å². The summed E-state index contributed by atoms with van der Waals surface area (Å²) in [4.78, 5) is 16.6. The molecule has 6 heteroatoms. The van der Waals surface area contributed by atoms with Crippen molar-refractivity contribution >= 4 is 22.9 Å². The molecule has 1 N–H and O–H groups in total. The summed E-state index contributed by atoms with van der Waals surface area (Å²) in [5, 5.41) is 5.80. The van der Waals surface area contributed by atoms with Crippen molar-refractivity contribution in [3.05, 3.63) is 59.6 Å². The van der Waals surface area contributed by atoms with Gasteiger partial charge in [-0.1, -0.05) is 12.1 Å². The number of thiazole rings is 1. The molecule has 5 nitrogen and oxygen atoms in total. The second kappa shape index (κ2) is 8.49. The van der Waals surface area contributed by atoms with Crippen LogP contribution in [0.15, 0.2) is 53.9 Å². The van der Waals surface area contributed by atoms with Gasteiger partial charge >= 0.3 is 0 Å². The van der Waals surface area contributed by atoms with Crippen LogP contribution in [0.1, 0.15) is 12.6 Å². The van der Waals surface area contributed by atoms with Gasteiger partial charge in [-0.05, 0) is 50.2 Å². The third-order valence-electron chi connectivity index (χ3n) is 3.55. The van der Waals surface area contributed by atoms with E-state index in [1.54, 1.807) is 17.4 Å². The van der Waals surface area contributed by atoms with Crippen molar-refractivity contribution < 1.29 is 14.3 Å². The topological polar surface area (TPSA) is 60.5 Å². The number of benzene rings is 2. The van der Waals surface area contributed by atoms with Gasteiger partial charge in [-0.3, -0.25) is 4.79 Å². The summed E-state index contributed by atoms with van der Waals surface area (Å²) < 4.78 is 11.1. The fourth-order valence-electron chi connectivity index (χ4n) is 2.37. The highest BCUT2D eigenvalue weighted by atomic mass is 32.1. The first-order chi connectivity index (χ1) is 12.7. The Bertz CT molecular complexity index is 875. The number of anilines is 1. The van der Waals surface area contributed by atoms with Gasteiger partial charge in [0.15, 0.2) is 6.61 Å². The number of carbonyl (C=O) groups excluding carboxylic acids is 1. The molecule has 0 saturated heterocycles. The number of para-hydroxylation sites is 2. The maximum absolute atomic E-state index is 12.1. The van der Waals surface area contributed by atoms with Crippen molar-refractivity contribution in [2.45, 2.75) is 13.8 Å². The lowest BCUT2D eigenvalue weighted by atomic mass is 10.2. The summed E-state index contributed by atoms with van der Waals surface area (Å²) >= 11 is 1.61. The fourth-order valence-corrected chi connectivity index (χ4v) is 3.17. The number of nitrogens with zero attached hydrogens (tertiary/aromatic N) is 1. The molecule has 0 saturated carbocycles. The van der Waals surface area contributed by atoms with Crippen molar-refractivity contribution in [1.29, 1.82) is 0 Å².